The van der Waals surface area contributed by atoms with Crippen LogP contribution in [-0.4, -0.2) is 15.5 Å². The predicted molar refractivity (Wildman–Crippen MR) is 78.2 cm³/mol. The third-order valence-corrected chi connectivity index (χ3v) is 4.31. The first kappa shape index (κ1) is 14.6. The number of sulfonamides is 1. The Bertz CT molecular complexity index is 718. The Morgan fingerprint density at radius 1 is 1.05 bits per heavy atom. The second-order valence-electron chi connectivity index (χ2n) is 4.01. The Kier molecular flexibility index (Phi) is 4.15. The van der Waals surface area contributed by atoms with E-state index in [4.69, 9.17) is 11.6 Å². The summed E-state index contributed by atoms with van der Waals surface area (Å²) < 4.78 is 39.6. The molecule has 0 spiro atoms. The summed E-state index contributed by atoms with van der Waals surface area (Å²) in [4.78, 5) is 0.108. The van der Waals surface area contributed by atoms with Gasteiger partial charge in [0.1, 0.15) is 5.82 Å². The molecular weight excluding hydrogens is 303 g/mol. The molecule has 0 aliphatic rings. The highest BCUT2D eigenvalue weighted by Crippen LogP contribution is 2.22. The second-order valence-corrected chi connectivity index (χ2v) is 6.10. The summed E-state index contributed by atoms with van der Waals surface area (Å²) in [6.45, 7) is 0. The summed E-state index contributed by atoms with van der Waals surface area (Å²) in [5.41, 5.74) is 1.00. The third-order valence-electron chi connectivity index (χ3n) is 2.63. The Balaban J connectivity index is 2.27. The van der Waals surface area contributed by atoms with E-state index in [2.05, 4.69) is 10.0 Å². The van der Waals surface area contributed by atoms with Gasteiger partial charge in [-0.3, -0.25) is 4.72 Å². The van der Waals surface area contributed by atoms with Crippen molar-refractivity contribution in [1.29, 1.82) is 0 Å². The molecule has 0 aliphatic carbocycles. The predicted octanol–water partition coefficient (Wildman–Crippen LogP) is 3.32. The third kappa shape index (κ3) is 3.20. The van der Waals surface area contributed by atoms with Crippen molar-refractivity contribution in [1.82, 2.24) is 0 Å². The SMILES string of the molecule is CNc1ccc(S(=O)(=O)Nc2ccc(F)c(Cl)c2)cc1. The summed E-state index contributed by atoms with van der Waals surface area (Å²) in [6, 6.07) is 9.86. The lowest BCUT2D eigenvalue weighted by Crippen LogP contribution is -2.13. The number of nitrogens with one attached hydrogen (secondary N) is 2. The molecular formula is C13H12ClFN2O2S. The molecule has 20 heavy (non-hydrogen) atoms. The van der Waals surface area contributed by atoms with E-state index in [9.17, 15) is 12.8 Å². The molecule has 0 saturated heterocycles. The highest BCUT2D eigenvalue weighted by atomic mass is 35.5. The number of hydrogen-bond acceptors (Lipinski definition) is 3. The van der Waals surface area contributed by atoms with Crippen molar-refractivity contribution in [3.05, 3.63) is 53.3 Å². The summed E-state index contributed by atoms with van der Waals surface area (Å²) in [5, 5.41) is 2.75. The van der Waals surface area contributed by atoms with Crippen LogP contribution in [0.2, 0.25) is 5.02 Å². The minimum atomic E-state index is -3.73. The van der Waals surface area contributed by atoms with Crippen molar-refractivity contribution >= 4 is 33.0 Å². The van der Waals surface area contributed by atoms with Crippen molar-refractivity contribution in [2.45, 2.75) is 4.90 Å². The van der Waals surface area contributed by atoms with Gasteiger partial charge in [-0.15, -0.1) is 0 Å². The van der Waals surface area contributed by atoms with Gasteiger partial charge in [-0.25, -0.2) is 12.8 Å². The fraction of sp³-hybridized carbons (Fsp3) is 0.0769. The van der Waals surface area contributed by atoms with Gasteiger partial charge in [-0.05, 0) is 42.5 Å². The molecule has 0 heterocycles. The summed E-state index contributed by atoms with van der Waals surface area (Å²) in [7, 11) is -1.99. The molecule has 0 radical (unpaired) electrons. The van der Waals surface area contributed by atoms with Crippen LogP contribution in [0.5, 0.6) is 0 Å². The fourth-order valence-electron chi connectivity index (χ4n) is 1.57. The van der Waals surface area contributed by atoms with E-state index >= 15 is 0 Å². The topological polar surface area (TPSA) is 58.2 Å². The lowest BCUT2D eigenvalue weighted by molar-refractivity contribution is 0.601. The van der Waals surface area contributed by atoms with Crippen LogP contribution in [0.25, 0.3) is 0 Å². The molecule has 106 valence electrons. The number of rotatable bonds is 4. The van der Waals surface area contributed by atoms with E-state index in [1.54, 1.807) is 19.2 Å². The first-order valence-corrected chi connectivity index (χ1v) is 7.54. The van der Waals surface area contributed by atoms with Gasteiger partial charge in [0.25, 0.3) is 10.0 Å². The average Bonchev–Trinajstić information content (AvgIpc) is 2.43. The van der Waals surface area contributed by atoms with Crippen LogP contribution in [0.1, 0.15) is 0 Å². The van der Waals surface area contributed by atoms with Crippen LogP contribution >= 0.6 is 11.6 Å². The lowest BCUT2D eigenvalue weighted by Gasteiger charge is -2.09. The number of anilines is 2. The van der Waals surface area contributed by atoms with Gasteiger partial charge in [0.05, 0.1) is 15.6 Å². The monoisotopic (exact) mass is 314 g/mol. The molecule has 4 nitrogen and oxygen atoms in total. The van der Waals surface area contributed by atoms with E-state index < -0.39 is 15.8 Å². The Hall–Kier alpha value is -1.79. The average molecular weight is 315 g/mol. The van der Waals surface area contributed by atoms with Crippen LogP contribution in [0.15, 0.2) is 47.4 Å². The van der Waals surface area contributed by atoms with E-state index in [-0.39, 0.29) is 15.6 Å². The van der Waals surface area contributed by atoms with Crippen LogP contribution in [0.4, 0.5) is 15.8 Å². The molecule has 0 aliphatic heterocycles. The first-order valence-electron chi connectivity index (χ1n) is 5.68. The van der Waals surface area contributed by atoms with Crippen molar-refractivity contribution in [3.8, 4) is 0 Å². The zero-order valence-electron chi connectivity index (χ0n) is 10.5. The summed E-state index contributed by atoms with van der Waals surface area (Å²) >= 11 is 5.61. The van der Waals surface area contributed by atoms with Crippen LogP contribution < -0.4 is 10.0 Å². The molecule has 0 fully saturated rings. The summed E-state index contributed by atoms with van der Waals surface area (Å²) in [5.74, 6) is -0.604. The normalized spacial score (nSPS) is 11.2. The quantitative estimate of drug-likeness (QED) is 0.910. The molecule has 0 unspecified atom stereocenters. The van der Waals surface area contributed by atoms with Crippen molar-refractivity contribution in [2.24, 2.45) is 0 Å². The van der Waals surface area contributed by atoms with Gasteiger partial charge >= 0.3 is 0 Å². The van der Waals surface area contributed by atoms with Crippen molar-refractivity contribution in [2.75, 3.05) is 17.1 Å². The van der Waals surface area contributed by atoms with E-state index in [0.29, 0.717) is 0 Å². The molecule has 0 amide bonds. The Morgan fingerprint density at radius 3 is 2.20 bits per heavy atom. The minimum absolute atomic E-state index is 0.108. The highest BCUT2D eigenvalue weighted by Gasteiger charge is 2.14. The van der Waals surface area contributed by atoms with Crippen molar-refractivity contribution in [3.63, 3.8) is 0 Å². The fourth-order valence-corrected chi connectivity index (χ4v) is 2.80. The van der Waals surface area contributed by atoms with E-state index in [0.717, 1.165) is 11.8 Å². The molecule has 2 N–H and O–H groups in total. The molecule has 2 rings (SSSR count). The second kappa shape index (κ2) is 5.68. The maximum Gasteiger partial charge on any atom is 0.261 e. The van der Waals surface area contributed by atoms with Gasteiger partial charge in [0.2, 0.25) is 0 Å². The van der Waals surface area contributed by atoms with Gasteiger partial charge in [0.15, 0.2) is 0 Å². The van der Waals surface area contributed by atoms with Gasteiger partial charge in [0, 0.05) is 12.7 Å². The Labute approximate surface area is 121 Å². The number of halogens is 2. The first-order chi connectivity index (χ1) is 9.42. The van der Waals surface area contributed by atoms with Gasteiger partial charge in [-0.2, -0.15) is 0 Å². The van der Waals surface area contributed by atoms with Crippen molar-refractivity contribution < 1.29 is 12.8 Å². The molecule has 0 aromatic heterocycles. The van der Waals surface area contributed by atoms with E-state index in [1.165, 1.54) is 24.3 Å². The molecule has 0 atom stereocenters. The lowest BCUT2D eigenvalue weighted by atomic mass is 10.3. The number of benzene rings is 2. The largest absolute Gasteiger partial charge is 0.388 e. The highest BCUT2D eigenvalue weighted by molar-refractivity contribution is 7.92. The standard InChI is InChI=1S/C13H12ClFN2O2S/c1-16-9-2-5-11(6-3-9)20(18,19)17-10-4-7-13(15)12(14)8-10/h2-8,16-17H,1H3. The number of hydrogen-bond donors (Lipinski definition) is 2. The molecule has 2 aromatic carbocycles. The molecule has 0 saturated carbocycles. The smallest absolute Gasteiger partial charge is 0.261 e. The zero-order valence-corrected chi connectivity index (χ0v) is 12.1. The maximum absolute atomic E-state index is 13.0. The maximum atomic E-state index is 13.0. The van der Waals surface area contributed by atoms with Gasteiger partial charge in [-0.1, -0.05) is 11.6 Å². The molecule has 7 heteroatoms. The van der Waals surface area contributed by atoms with Crippen LogP contribution in [-0.2, 0) is 10.0 Å². The zero-order chi connectivity index (χ0) is 14.8. The Morgan fingerprint density at radius 2 is 1.65 bits per heavy atom. The summed E-state index contributed by atoms with van der Waals surface area (Å²) in [6.07, 6.45) is 0. The van der Waals surface area contributed by atoms with Crippen LogP contribution in [0.3, 0.4) is 0 Å². The molecule has 2 aromatic rings. The van der Waals surface area contributed by atoms with Crippen LogP contribution in [0, 0.1) is 5.82 Å². The minimum Gasteiger partial charge on any atom is -0.388 e. The van der Waals surface area contributed by atoms with E-state index in [1.807, 2.05) is 0 Å². The molecule has 0 bridgehead atoms. The van der Waals surface area contributed by atoms with Gasteiger partial charge < -0.3 is 5.32 Å².